The third-order valence-corrected chi connectivity index (χ3v) is 9.39. The van der Waals surface area contributed by atoms with Crippen LogP contribution in [0.3, 0.4) is 0 Å². The largest absolute Gasteiger partial charge is 0.416 e. The number of alkyl halides is 3. The van der Waals surface area contributed by atoms with Gasteiger partial charge in [0.25, 0.3) is 17.7 Å². The lowest BCUT2D eigenvalue weighted by Gasteiger charge is -2.38. The number of aromatic nitrogens is 2. The highest BCUT2D eigenvalue weighted by Gasteiger charge is 2.45. The first-order valence-corrected chi connectivity index (χ1v) is 16.4. The highest BCUT2D eigenvalue weighted by Crippen LogP contribution is 2.35. The van der Waals surface area contributed by atoms with Crippen LogP contribution in [-0.4, -0.2) is 63.3 Å². The van der Waals surface area contributed by atoms with Crippen LogP contribution >= 0.6 is 0 Å². The molecule has 4 heterocycles. The minimum atomic E-state index is -4.55. The van der Waals surface area contributed by atoms with Gasteiger partial charge in [-0.2, -0.15) is 18.3 Å². The molecule has 1 aliphatic carbocycles. The Morgan fingerprint density at radius 3 is 2.35 bits per heavy atom. The lowest BCUT2D eigenvalue weighted by atomic mass is 9.98. The van der Waals surface area contributed by atoms with Gasteiger partial charge in [-0.15, -0.1) is 0 Å². The average Bonchev–Trinajstić information content (AvgIpc) is 3.71. The zero-order valence-corrected chi connectivity index (χ0v) is 27.6. The van der Waals surface area contributed by atoms with Gasteiger partial charge < -0.3 is 10.2 Å². The van der Waals surface area contributed by atoms with Gasteiger partial charge in [0, 0.05) is 42.9 Å². The van der Waals surface area contributed by atoms with Gasteiger partial charge in [-0.25, -0.2) is 0 Å². The first kappa shape index (κ1) is 33.6. The van der Waals surface area contributed by atoms with Crippen LogP contribution in [0.4, 0.5) is 24.5 Å². The van der Waals surface area contributed by atoms with Gasteiger partial charge in [0.05, 0.1) is 40.1 Å². The molecule has 1 aromatic heterocycles. The number of carbonyl (C=O) groups is 5. The molecule has 4 aliphatic rings. The SMILES string of the molecule is CC(C)(C(=O)Nc1ccc(C(F)(F)F)cc1C#CC1CC1)n1cc(C#CC2CN(c3ccc4c(c3)C(=O)N(C3CCC(=O)NC3=O)C4=O)C2)cn1. The fourth-order valence-corrected chi connectivity index (χ4v) is 6.03. The predicted octanol–water partition coefficient (Wildman–Crippen LogP) is 3.93. The van der Waals surface area contributed by atoms with Crippen molar-refractivity contribution >= 4 is 40.9 Å². The van der Waals surface area contributed by atoms with Crippen LogP contribution in [-0.2, 0) is 26.1 Å². The number of nitrogens with zero attached hydrogens (tertiary/aromatic N) is 4. The first-order chi connectivity index (χ1) is 24.2. The molecular formula is C37H31F3N6O5. The highest BCUT2D eigenvalue weighted by molar-refractivity contribution is 6.23. The standard InChI is InChI=1S/C37H31F3N6O5/c1-36(2,35(51)42-29-12-9-25(37(38,39)40)15-24(29)8-7-21-3-4-21)45-20-22(17-41-45)5-6-23-18-44(19-23)26-10-11-27-28(16-26)34(50)46(33(27)49)30-13-14-31(47)43-32(30)48/h9-12,15-17,20-21,23,30H,3-4,13-14,18-19H2,1-2H3,(H,42,51)(H,43,47,48). The molecule has 0 radical (unpaired) electrons. The molecule has 1 saturated carbocycles. The van der Waals surface area contributed by atoms with Crippen LogP contribution in [0.25, 0.3) is 0 Å². The van der Waals surface area contributed by atoms with E-state index in [1.54, 1.807) is 38.2 Å². The highest BCUT2D eigenvalue weighted by atomic mass is 19.4. The number of rotatable bonds is 5. The maximum absolute atomic E-state index is 13.4. The summed E-state index contributed by atoms with van der Waals surface area (Å²) in [5.41, 5.74) is -0.0847. The number of hydrogen-bond acceptors (Lipinski definition) is 7. The number of fused-ring (bicyclic) bond motifs is 1. The Morgan fingerprint density at radius 2 is 1.65 bits per heavy atom. The van der Waals surface area contributed by atoms with Gasteiger partial charge in [-0.1, -0.05) is 23.7 Å². The molecular weight excluding hydrogens is 665 g/mol. The molecule has 1 unspecified atom stereocenters. The second-order valence-corrected chi connectivity index (χ2v) is 13.5. The average molecular weight is 697 g/mol. The van der Waals surface area contributed by atoms with Crippen LogP contribution < -0.4 is 15.5 Å². The molecule has 1 atom stereocenters. The van der Waals surface area contributed by atoms with Crippen LogP contribution in [0.2, 0.25) is 0 Å². The smallest absolute Gasteiger partial charge is 0.369 e. The van der Waals surface area contributed by atoms with Crippen molar-refractivity contribution in [1.29, 1.82) is 0 Å². The Kier molecular flexibility index (Phi) is 8.21. The summed E-state index contributed by atoms with van der Waals surface area (Å²) >= 11 is 0. The number of carbonyl (C=O) groups excluding carboxylic acids is 5. The predicted molar refractivity (Wildman–Crippen MR) is 177 cm³/mol. The lowest BCUT2D eigenvalue weighted by molar-refractivity contribution is -0.138. The lowest BCUT2D eigenvalue weighted by Crippen LogP contribution is -2.54. The summed E-state index contributed by atoms with van der Waals surface area (Å²) in [5.74, 6) is 9.46. The second kappa shape index (κ2) is 12.5. The summed E-state index contributed by atoms with van der Waals surface area (Å²) in [6, 6.07) is 6.99. The summed E-state index contributed by atoms with van der Waals surface area (Å²) in [6.07, 6.45) is 0.537. The summed E-state index contributed by atoms with van der Waals surface area (Å²) < 4.78 is 41.6. The minimum absolute atomic E-state index is 0.00921. The molecule has 2 saturated heterocycles. The van der Waals surface area contributed by atoms with Crippen molar-refractivity contribution in [2.45, 2.75) is 57.3 Å². The first-order valence-electron chi connectivity index (χ1n) is 16.4. The van der Waals surface area contributed by atoms with Gasteiger partial charge in [-0.05, 0) is 69.5 Å². The molecule has 5 amide bonds. The van der Waals surface area contributed by atoms with Crippen molar-refractivity contribution in [3.8, 4) is 23.7 Å². The number of amides is 5. The molecule has 260 valence electrons. The molecule has 2 N–H and O–H groups in total. The normalized spacial score (nSPS) is 19.0. The van der Waals surface area contributed by atoms with E-state index < -0.39 is 52.9 Å². The van der Waals surface area contributed by atoms with E-state index in [9.17, 15) is 37.1 Å². The van der Waals surface area contributed by atoms with E-state index in [0.717, 1.165) is 35.6 Å². The van der Waals surface area contributed by atoms with Crippen LogP contribution in [0, 0.1) is 35.5 Å². The third-order valence-electron chi connectivity index (χ3n) is 9.39. The Balaban J connectivity index is 0.981. The minimum Gasteiger partial charge on any atom is -0.369 e. The van der Waals surface area contributed by atoms with E-state index in [-0.39, 0.29) is 47.1 Å². The number of halogens is 3. The molecule has 7 rings (SSSR count). The van der Waals surface area contributed by atoms with E-state index in [1.807, 2.05) is 4.90 Å². The molecule has 3 fully saturated rings. The Bertz CT molecular complexity index is 2140. The van der Waals surface area contributed by atoms with E-state index in [2.05, 4.69) is 39.4 Å². The van der Waals surface area contributed by atoms with Gasteiger partial charge in [0.2, 0.25) is 11.8 Å². The Morgan fingerprint density at radius 1 is 0.922 bits per heavy atom. The summed E-state index contributed by atoms with van der Waals surface area (Å²) in [5, 5.41) is 9.24. The molecule has 2 aromatic carbocycles. The number of hydrogen-bond donors (Lipinski definition) is 2. The topological polar surface area (TPSA) is 134 Å². The van der Waals surface area contributed by atoms with Crippen molar-refractivity contribution in [2.24, 2.45) is 11.8 Å². The Labute approximate surface area is 290 Å². The molecule has 14 heteroatoms. The van der Waals surface area contributed by atoms with Crippen molar-refractivity contribution in [1.82, 2.24) is 20.0 Å². The quantitative estimate of drug-likeness (QED) is 0.305. The molecule has 51 heavy (non-hydrogen) atoms. The van der Waals surface area contributed by atoms with Crippen molar-refractivity contribution in [3.05, 3.63) is 76.6 Å². The molecule has 0 spiro atoms. The Hall–Kier alpha value is -5.89. The fourth-order valence-electron chi connectivity index (χ4n) is 6.03. The zero-order chi connectivity index (χ0) is 36.2. The maximum atomic E-state index is 13.4. The van der Waals surface area contributed by atoms with Crippen LogP contribution in [0.5, 0.6) is 0 Å². The van der Waals surface area contributed by atoms with Gasteiger partial charge in [0.1, 0.15) is 11.6 Å². The van der Waals surface area contributed by atoms with Gasteiger partial charge >= 0.3 is 6.18 Å². The van der Waals surface area contributed by atoms with E-state index in [0.29, 0.717) is 18.7 Å². The second-order valence-electron chi connectivity index (χ2n) is 13.5. The fraction of sp³-hybridized carbons (Fsp3) is 0.351. The van der Waals surface area contributed by atoms with Gasteiger partial charge in [-0.3, -0.25) is 38.9 Å². The van der Waals surface area contributed by atoms with Crippen molar-refractivity contribution < 1.29 is 37.1 Å². The van der Waals surface area contributed by atoms with Gasteiger partial charge in [0.15, 0.2) is 0 Å². The van der Waals surface area contributed by atoms with Crippen molar-refractivity contribution in [2.75, 3.05) is 23.3 Å². The van der Waals surface area contributed by atoms with Crippen LogP contribution in [0.15, 0.2) is 48.8 Å². The summed E-state index contributed by atoms with van der Waals surface area (Å²) in [4.78, 5) is 66.4. The van der Waals surface area contributed by atoms with E-state index >= 15 is 0 Å². The number of benzene rings is 2. The molecule has 3 aromatic rings. The van der Waals surface area contributed by atoms with E-state index in [4.69, 9.17) is 0 Å². The summed E-state index contributed by atoms with van der Waals surface area (Å²) in [6.45, 7) is 4.39. The monoisotopic (exact) mass is 696 g/mol. The number of piperidine rings is 1. The third kappa shape index (κ3) is 6.57. The zero-order valence-electron chi connectivity index (χ0n) is 27.6. The van der Waals surface area contributed by atoms with E-state index in [1.165, 1.54) is 16.9 Å². The van der Waals surface area contributed by atoms with Crippen LogP contribution in [0.1, 0.15) is 76.9 Å². The van der Waals surface area contributed by atoms with Crippen molar-refractivity contribution in [3.63, 3.8) is 0 Å². The number of nitrogens with one attached hydrogen (secondary N) is 2. The number of imide groups is 2. The molecule has 11 nitrogen and oxygen atoms in total. The molecule has 0 bridgehead atoms. The number of anilines is 2. The summed E-state index contributed by atoms with van der Waals surface area (Å²) in [7, 11) is 0. The maximum Gasteiger partial charge on any atom is 0.416 e. The molecule has 3 aliphatic heterocycles.